The molecule has 0 fully saturated rings. The van der Waals surface area contributed by atoms with Crippen LogP contribution < -0.4 is 10.6 Å². The number of carboxylic acids is 1. The lowest BCUT2D eigenvalue weighted by Crippen LogP contribution is -2.44. The summed E-state index contributed by atoms with van der Waals surface area (Å²) in [5.74, 6) is -0.909. The molecule has 0 radical (unpaired) electrons. The van der Waals surface area contributed by atoms with Gasteiger partial charge in [0.1, 0.15) is 0 Å². The van der Waals surface area contributed by atoms with Crippen LogP contribution >= 0.6 is 11.3 Å². The summed E-state index contributed by atoms with van der Waals surface area (Å²) in [5.41, 5.74) is 1.69. The number of carboxylic acid groups (broad SMARTS) is 1. The molecule has 0 aromatic carbocycles. The first-order chi connectivity index (χ1) is 8.89. The Morgan fingerprint density at radius 3 is 2.63 bits per heavy atom. The Morgan fingerprint density at radius 2 is 2.16 bits per heavy atom. The fourth-order valence-electron chi connectivity index (χ4n) is 1.35. The zero-order chi connectivity index (χ0) is 14.5. The average Bonchev–Trinajstić information content (AvgIpc) is 2.78. The van der Waals surface area contributed by atoms with Crippen LogP contribution in [0.4, 0.5) is 4.79 Å². The molecule has 6 nitrogen and oxygen atoms in total. The number of nitrogens with zero attached hydrogens (tertiary/aromatic N) is 1. The highest BCUT2D eigenvalue weighted by Crippen LogP contribution is 2.19. The van der Waals surface area contributed by atoms with Crippen LogP contribution in [0.25, 0.3) is 0 Å². The predicted octanol–water partition coefficient (Wildman–Crippen LogP) is 1.75. The highest BCUT2D eigenvalue weighted by Gasteiger charge is 2.31. The molecule has 0 aliphatic rings. The molecule has 1 atom stereocenters. The van der Waals surface area contributed by atoms with Gasteiger partial charge in [-0.25, -0.2) is 9.78 Å². The molecular weight excluding hydrogens is 266 g/mol. The quantitative estimate of drug-likeness (QED) is 0.742. The molecule has 1 unspecified atom stereocenters. The SMILES string of the molecule is CCC(C)(CNC(=O)NCc1scnc1C)C(=O)O. The second-order valence-electron chi connectivity index (χ2n) is 4.62. The van der Waals surface area contributed by atoms with E-state index in [1.807, 2.05) is 6.92 Å². The van der Waals surface area contributed by atoms with Crippen molar-refractivity contribution in [1.82, 2.24) is 15.6 Å². The summed E-state index contributed by atoms with van der Waals surface area (Å²) in [6.07, 6.45) is 0.455. The molecule has 0 aliphatic carbocycles. The van der Waals surface area contributed by atoms with Crippen molar-refractivity contribution in [1.29, 1.82) is 0 Å². The normalized spacial score (nSPS) is 13.6. The van der Waals surface area contributed by atoms with E-state index in [0.717, 1.165) is 10.6 Å². The lowest BCUT2D eigenvalue weighted by atomic mass is 9.88. The second kappa shape index (κ2) is 6.51. The maximum absolute atomic E-state index is 11.6. The van der Waals surface area contributed by atoms with E-state index in [2.05, 4.69) is 15.6 Å². The van der Waals surface area contributed by atoms with Gasteiger partial charge < -0.3 is 15.7 Å². The lowest BCUT2D eigenvalue weighted by molar-refractivity contribution is -0.147. The number of rotatable bonds is 6. The Hall–Kier alpha value is -1.63. The summed E-state index contributed by atoms with van der Waals surface area (Å²) in [6, 6.07) is -0.367. The van der Waals surface area contributed by atoms with E-state index in [0.29, 0.717) is 13.0 Å². The van der Waals surface area contributed by atoms with Gasteiger partial charge in [0.05, 0.1) is 23.2 Å². The Balaban J connectivity index is 2.40. The predicted molar refractivity (Wildman–Crippen MR) is 73.1 cm³/mol. The summed E-state index contributed by atoms with van der Waals surface area (Å²) >= 11 is 1.48. The third kappa shape index (κ3) is 4.20. The molecule has 0 bridgehead atoms. The fraction of sp³-hybridized carbons (Fsp3) is 0.583. The third-order valence-electron chi connectivity index (χ3n) is 3.19. The number of urea groups is 1. The van der Waals surface area contributed by atoms with Crippen molar-refractivity contribution in [3.8, 4) is 0 Å². The first-order valence-corrected chi connectivity index (χ1v) is 6.91. The number of aryl methyl sites for hydroxylation is 1. The molecule has 1 heterocycles. The van der Waals surface area contributed by atoms with E-state index >= 15 is 0 Å². The Bertz CT molecular complexity index is 461. The van der Waals surface area contributed by atoms with Gasteiger partial charge in [0.2, 0.25) is 0 Å². The van der Waals surface area contributed by atoms with Crippen molar-refractivity contribution in [2.24, 2.45) is 5.41 Å². The topological polar surface area (TPSA) is 91.3 Å². The molecule has 1 rings (SSSR count). The first kappa shape index (κ1) is 15.4. The van der Waals surface area contributed by atoms with Crippen LogP contribution in [-0.4, -0.2) is 28.6 Å². The number of thiazole rings is 1. The van der Waals surface area contributed by atoms with Crippen molar-refractivity contribution in [2.45, 2.75) is 33.7 Å². The molecule has 106 valence electrons. The van der Waals surface area contributed by atoms with Crippen LogP contribution in [-0.2, 0) is 11.3 Å². The number of nitrogens with one attached hydrogen (secondary N) is 2. The number of amides is 2. The molecule has 19 heavy (non-hydrogen) atoms. The minimum Gasteiger partial charge on any atom is -0.481 e. The lowest BCUT2D eigenvalue weighted by Gasteiger charge is -2.23. The van der Waals surface area contributed by atoms with Gasteiger partial charge in [-0.3, -0.25) is 4.79 Å². The van der Waals surface area contributed by atoms with E-state index in [-0.39, 0.29) is 12.6 Å². The molecule has 2 amide bonds. The molecule has 0 saturated heterocycles. The van der Waals surface area contributed by atoms with Gasteiger partial charge in [0.15, 0.2) is 0 Å². The van der Waals surface area contributed by atoms with Gasteiger partial charge in [-0.15, -0.1) is 11.3 Å². The number of hydrogen-bond acceptors (Lipinski definition) is 4. The van der Waals surface area contributed by atoms with Gasteiger partial charge in [-0.1, -0.05) is 6.92 Å². The Morgan fingerprint density at radius 1 is 1.47 bits per heavy atom. The zero-order valence-corrected chi connectivity index (χ0v) is 12.1. The second-order valence-corrected chi connectivity index (χ2v) is 5.56. The smallest absolute Gasteiger partial charge is 0.315 e. The van der Waals surface area contributed by atoms with Crippen LogP contribution in [0.2, 0.25) is 0 Å². The summed E-state index contributed by atoms with van der Waals surface area (Å²) in [6.45, 7) is 5.78. The van der Waals surface area contributed by atoms with Crippen molar-refractivity contribution in [3.05, 3.63) is 16.1 Å². The van der Waals surface area contributed by atoms with Crippen molar-refractivity contribution in [3.63, 3.8) is 0 Å². The first-order valence-electron chi connectivity index (χ1n) is 6.03. The van der Waals surface area contributed by atoms with Crippen molar-refractivity contribution < 1.29 is 14.7 Å². The monoisotopic (exact) mass is 285 g/mol. The number of carbonyl (C=O) groups excluding carboxylic acids is 1. The zero-order valence-electron chi connectivity index (χ0n) is 11.3. The third-order valence-corrected chi connectivity index (χ3v) is 4.13. The Kier molecular flexibility index (Phi) is 5.29. The van der Waals surface area contributed by atoms with Crippen molar-refractivity contribution in [2.75, 3.05) is 6.54 Å². The van der Waals surface area contributed by atoms with E-state index < -0.39 is 11.4 Å². The minimum atomic E-state index is -0.933. The highest BCUT2D eigenvalue weighted by molar-refractivity contribution is 7.09. The Labute approximate surface area is 116 Å². The molecule has 0 aliphatic heterocycles. The summed E-state index contributed by atoms with van der Waals surface area (Å²) in [7, 11) is 0. The summed E-state index contributed by atoms with van der Waals surface area (Å²) in [4.78, 5) is 27.8. The van der Waals surface area contributed by atoms with Crippen LogP contribution in [0.15, 0.2) is 5.51 Å². The van der Waals surface area contributed by atoms with Gasteiger partial charge in [0.25, 0.3) is 0 Å². The highest BCUT2D eigenvalue weighted by atomic mass is 32.1. The van der Waals surface area contributed by atoms with E-state index in [4.69, 9.17) is 5.11 Å². The molecule has 1 aromatic rings. The summed E-state index contributed by atoms with van der Waals surface area (Å²) in [5, 5.41) is 14.4. The minimum absolute atomic E-state index is 0.104. The number of aliphatic carboxylic acids is 1. The molecule has 3 N–H and O–H groups in total. The van der Waals surface area contributed by atoms with Gasteiger partial charge >= 0.3 is 12.0 Å². The van der Waals surface area contributed by atoms with E-state index in [1.165, 1.54) is 11.3 Å². The van der Waals surface area contributed by atoms with Crippen LogP contribution in [0.3, 0.4) is 0 Å². The van der Waals surface area contributed by atoms with Crippen LogP contribution in [0.1, 0.15) is 30.8 Å². The van der Waals surface area contributed by atoms with E-state index in [1.54, 1.807) is 19.4 Å². The average molecular weight is 285 g/mol. The van der Waals surface area contributed by atoms with Gasteiger partial charge in [-0.2, -0.15) is 0 Å². The van der Waals surface area contributed by atoms with E-state index in [9.17, 15) is 9.59 Å². The maximum Gasteiger partial charge on any atom is 0.315 e. The molecule has 7 heteroatoms. The van der Waals surface area contributed by atoms with Gasteiger partial charge in [0, 0.05) is 11.4 Å². The molecule has 0 spiro atoms. The number of hydrogen-bond donors (Lipinski definition) is 3. The fourth-order valence-corrected chi connectivity index (χ4v) is 2.06. The number of carbonyl (C=O) groups is 2. The molecule has 0 saturated carbocycles. The molecular formula is C12H19N3O3S. The largest absolute Gasteiger partial charge is 0.481 e. The van der Waals surface area contributed by atoms with Crippen molar-refractivity contribution >= 4 is 23.3 Å². The van der Waals surface area contributed by atoms with Gasteiger partial charge in [-0.05, 0) is 20.3 Å². The molecule has 1 aromatic heterocycles. The number of aromatic nitrogens is 1. The summed E-state index contributed by atoms with van der Waals surface area (Å²) < 4.78 is 0. The standard InChI is InChI=1S/C12H19N3O3S/c1-4-12(3,10(16)17)6-14-11(18)13-5-9-8(2)15-7-19-9/h7H,4-6H2,1-3H3,(H,16,17)(H2,13,14,18). The van der Waals surface area contributed by atoms with Crippen LogP contribution in [0, 0.1) is 12.3 Å². The van der Waals surface area contributed by atoms with Crippen LogP contribution in [0.5, 0.6) is 0 Å². The maximum atomic E-state index is 11.6.